The second-order valence-corrected chi connectivity index (χ2v) is 6.49. The normalized spacial score (nSPS) is 20.4. The van der Waals surface area contributed by atoms with Crippen LogP contribution < -0.4 is 4.74 Å². The SMILES string of the molecule is CC(C)Cc1cc2c(c(Cl)n1)OC1(CCC1)CC2. The molecule has 1 aromatic heterocycles. The smallest absolute Gasteiger partial charge is 0.171 e. The molecule has 1 saturated carbocycles. The first-order valence-electron chi connectivity index (χ1n) is 6.95. The van der Waals surface area contributed by atoms with Gasteiger partial charge in [0, 0.05) is 5.69 Å². The molecule has 0 aromatic carbocycles. The number of fused-ring (bicyclic) bond motifs is 1. The summed E-state index contributed by atoms with van der Waals surface area (Å²) in [5, 5.41) is 0.564. The molecule has 3 rings (SSSR count). The molecule has 0 radical (unpaired) electrons. The van der Waals surface area contributed by atoms with E-state index >= 15 is 0 Å². The molecule has 18 heavy (non-hydrogen) atoms. The predicted octanol–water partition coefficient (Wildman–Crippen LogP) is 4.18. The van der Waals surface area contributed by atoms with Crippen LogP contribution in [0.3, 0.4) is 0 Å². The summed E-state index contributed by atoms with van der Waals surface area (Å²) >= 11 is 6.30. The van der Waals surface area contributed by atoms with E-state index in [1.54, 1.807) is 0 Å². The van der Waals surface area contributed by atoms with Crippen molar-refractivity contribution >= 4 is 11.6 Å². The number of rotatable bonds is 2. The average molecular weight is 266 g/mol. The first kappa shape index (κ1) is 12.3. The molecular weight excluding hydrogens is 246 g/mol. The molecule has 0 saturated heterocycles. The summed E-state index contributed by atoms with van der Waals surface area (Å²) in [6.45, 7) is 4.41. The molecule has 0 N–H and O–H groups in total. The maximum absolute atomic E-state index is 6.30. The summed E-state index contributed by atoms with van der Waals surface area (Å²) < 4.78 is 6.15. The van der Waals surface area contributed by atoms with Gasteiger partial charge in [0.1, 0.15) is 5.60 Å². The van der Waals surface area contributed by atoms with Crippen molar-refractivity contribution < 1.29 is 4.74 Å². The number of halogens is 1. The van der Waals surface area contributed by atoms with Gasteiger partial charge in [-0.1, -0.05) is 25.4 Å². The number of ether oxygens (including phenoxy) is 1. The fourth-order valence-corrected chi connectivity index (χ4v) is 3.25. The first-order valence-corrected chi connectivity index (χ1v) is 7.33. The van der Waals surface area contributed by atoms with E-state index in [0.29, 0.717) is 11.1 Å². The summed E-state index contributed by atoms with van der Waals surface area (Å²) in [7, 11) is 0. The number of aryl methyl sites for hydroxylation is 1. The van der Waals surface area contributed by atoms with Crippen LogP contribution in [0.5, 0.6) is 5.75 Å². The van der Waals surface area contributed by atoms with Crippen LogP contribution >= 0.6 is 11.6 Å². The van der Waals surface area contributed by atoms with Crippen molar-refractivity contribution in [3.63, 3.8) is 0 Å². The van der Waals surface area contributed by atoms with Crippen LogP contribution in [0, 0.1) is 5.92 Å². The Balaban J connectivity index is 1.89. The van der Waals surface area contributed by atoms with Crippen LogP contribution in [0.15, 0.2) is 6.07 Å². The van der Waals surface area contributed by atoms with E-state index in [2.05, 4.69) is 24.9 Å². The maximum Gasteiger partial charge on any atom is 0.171 e. The van der Waals surface area contributed by atoms with Gasteiger partial charge < -0.3 is 4.74 Å². The minimum atomic E-state index is 0.0951. The largest absolute Gasteiger partial charge is 0.484 e. The van der Waals surface area contributed by atoms with Crippen molar-refractivity contribution in [2.45, 2.75) is 58.0 Å². The molecule has 98 valence electrons. The molecule has 1 aromatic rings. The molecule has 1 aliphatic heterocycles. The van der Waals surface area contributed by atoms with Crippen molar-refractivity contribution in [1.29, 1.82) is 0 Å². The van der Waals surface area contributed by atoms with Crippen LogP contribution in [-0.4, -0.2) is 10.6 Å². The van der Waals surface area contributed by atoms with Crippen molar-refractivity contribution in [3.8, 4) is 5.75 Å². The third-order valence-corrected chi connectivity index (χ3v) is 4.37. The zero-order chi connectivity index (χ0) is 12.8. The van der Waals surface area contributed by atoms with Gasteiger partial charge in [0.15, 0.2) is 10.9 Å². The molecule has 0 bridgehead atoms. The van der Waals surface area contributed by atoms with Crippen LogP contribution in [0.2, 0.25) is 5.15 Å². The van der Waals surface area contributed by atoms with Gasteiger partial charge in [0.25, 0.3) is 0 Å². The van der Waals surface area contributed by atoms with Gasteiger partial charge >= 0.3 is 0 Å². The van der Waals surface area contributed by atoms with E-state index in [-0.39, 0.29) is 5.60 Å². The highest BCUT2D eigenvalue weighted by Gasteiger charge is 2.42. The van der Waals surface area contributed by atoms with Crippen LogP contribution in [0.1, 0.15) is 50.8 Å². The topological polar surface area (TPSA) is 22.1 Å². The Morgan fingerprint density at radius 3 is 2.78 bits per heavy atom. The van der Waals surface area contributed by atoms with Gasteiger partial charge in [-0.15, -0.1) is 0 Å². The molecule has 0 atom stereocenters. The molecule has 1 aliphatic carbocycles. The van der Waals surface area contributed by atoms with Crippen LogP contribution in [0.4, 0.5) is 0 Å². The Kier molecular flexibility index (Phi) is 3.01. The van der Waals surface area contributed by atoms with Crippen LogP contribution in [-0.2, 0) is 12.8 Å². The third-order valence-electron chi connectivity index (χ3n) is 4.11. The lowest BCUT2D eigenvalue weighted by Gasteiger charge is -2.45. The molecule has 1 spiro atoms. The van der Waals surface area contributed by atoms with Gasteiger partial charge in [-0.3, -0.25) is 0 Å². The van der Waals surface area contributed by atoms with E-state index < -0.39 is 0 Å². The summed E-state index contributed by atoms with van der Waals surface area (Å²) in [4.78, 5) is 4.49. The van der Waals surface area contributed by atoms with Gasteiger partial charge in [-0.2, -0.15) is 0 Å². The van der Waals surface area contributed by atoms with Gasteiger partial charge in [0.2, 0.25) is 0 Å². The Labute approximate surface area is 114 Å². The fourth-order valence-electron chi connectivity index (χ4n) is 2.98. The van der Waals surface area contributed by atoms with E-state index in [0.717, 1.165) is 30.7 Å². The van der Waals surface area contributed by atoms with Gasteiger partial charge in [-0.05, 0) is 56.1 Å². The third kappa shape index (κ3) is 2.11. The molecule has 3 heteroatoms. The minimum absolute atomic E-state index is 0.0951. The van der Waals surface area contributed by atoms with Crippen molar-refractivity contribution in [2.75, 3.05) is 0 Å². The van der Waals surface area contributed by atoms with E-state index in [1.807, 2.05) is 0 Å². The molecule has 2 aliphatic rings. The van der Waals surface area contributed by atoms with Crippen molar-refractivity contribution in [1.82, 2.24) is 4.98 Å². The summed E-state index contributed by atoms with van der Waals surface area (Å²) in [6, 6.07) is 2.19. The minimum Gasteiger partial charge on any atom is -0.484 e. The fraction of sp³-hybridized carbons (Fsp3) is 0.667. The van der Waals surface area contributed by atoms with Crippen molar-refractivity contribution in [3.05, 3.63) is 22.5 Å². The number of nitrogens with zero attached hydrogens (tertiary/aromatic N) is 1. The molecular formula is C15H20ClNO. The Hall–Kier alpha value is -0.760. The summed E-state index contributed by atoms with van der Waals surface area (Å²) in [6.07, 6.45) is 6.85. The number of hydrogen-bond donors (Lipinski definition) is 0. The van der Waals surface area contributed by atoms with Gasteiger partial charge in [-0.25, -0.2) is 4.98 Å². The standard InChI is InChI=1S/C15H20ClNO/c1-10(2)8-12-9-11-4-7-15(5-3-6-15)18-13(11)14(16)17-12/h9-10H,3-8H2,1-2H3. The Morgan fingerprint density at radius 2 is 2.17 bits per heavy atom. The molecule has 2 heterocycles. The highest BCUT2D eigenvalue weighted by molar-refractivity contribution is 6.31. The summed E-state index contributed by atoms with van der Waals surface area (Å²) in [5.74, 6) is 1.46. The van der Waals surface area contributed by atoms with Crippen molar-refractivity contribution in [2.24, 2.45) is 5.92 Å². The zero-order valence-corrected chi connectivity index (χ0v) is 11.9. The highest BCUT2D eigenvalue weighted by atomic mass is 35.5. The lowest BCUT2D eigenvalue weighted by Crippen LogP contribution is -2.45. The predicted molar refractivity (Wildman–Crippen MR) is 73.3 cm³/mol. The Bertz CT molecular complexity index is 466. The lowest BCUT2D eigenvalue weighted by molar-refractivity contribution is -0.0252. The Morgan fingerprint density at radius 1 is 1.39 bits per heavy atom. The quantitative estimate of drug-likeness (QED) is 0.749. The molecule has 1 fully saturated rings. The lowest BCUT2D eigenvalue weighted by atomic mass is 9.74. The van der Waals surface area contributed by atoms with E-state index in [4.69, 9.17) is 16.3 Å². The first-order chi connectivity index (χ1) is 8.58. The number of aromatic nitrogens is 1. The highest BCUT2D eigenvalue weighted by Crippen LogP contribution is 2.46. The number of hydrogen-bond acceptors (Lipinski definition) is 2. The van der Waals surface area contributed by atoms with E-state index in [9.17, 15) is 0 Å². The van der Waals surface area contributed by atoms with E-state index in [1.165, 1.54) is 24.8 Å². The molecule has 0 amide bonds. The second kappa shape index (κ2) is 4.41. The number of pyridine rings is 1. The monoisotopic (exact) mass is 265 g/mol. The molecule has 0 unspecified atom stereocenters. The summed E-state index contributed by atoms with van der Waals surface area (Å²) in [5.41, 5.74) is 2.45. The van der Waals surface area contributed by atoms with Gasteiger partial charge in [0.05, 0.1) is 0 Å². The second-order valence-electron chi connectivity index (χ2n) is 6.13. The average Bonchev–Trinajstić information content (AvgIpc) is 2.26. The maximum atomic E-state index is 6.30. The molecule has 2 nitrogen and oxygen atoms in total. The van der Waals surface area contributed by atoms with Crippen LogP contribution in [0.25, 0.3) is 0 Å². The zero-order valence-electron chi connectivity index (χ0n) is 11.1.